The number of nitrogens with one attached hydrogen (secondary N) is 1. The van der Waals surface area contributed by atoms with Gasteiger partial charge in [-0.1, -0.05) is 11.6 Å². The van der Waals surface area contributed by atoms with Crippen LogP contribution in [0.3, 0.4) is 0 Å². The lowest BCUT2D eigenvalue weighted by atomic mass is 10.1. The number of nitrogens with zero attached hydrogens (tertiary/aromatic N) is 2. The molecule has 19 heavy (non-hydrogen) atoms. The van der Waals surface area contributed by atoms with Crippen molar-refractivity contribution in [2.75, 3.05) is 5.32 Å². The van der Waals surface area contributed by atoms with Crippen LogP contribution in [0, 0.1) is 0 Å². The minimum Gasteiger partial charge on any atom is -0.478 e. The van der Waals surface area contributed by atoms with Crippen LogP contribution in [-0.4, -0.2) is 21.0 Å². The molecule has 5 nitrogen and oxygen atoms in total. The van der Waals surface area contributed by atoms with Gasteiger partial charge in [0.25, 0.3) is 0 Å². The predicted octanol–water partition coefficient (Wildman–Crippen LogP) is 3.00. The van der Waals surface area contributed by atoms with Crippen molar-refractivity contribution in [3.63, 3.8) is 0 Å². The summed E-state index contributed by atoms with van der Waals surface area (Å²) in [6.07, 6.45) is 4.80. The minimum absolute atomic E-state index is 0.0288. The van der Waals surface area contributed by atoms with Crippen molar-refractivity contribution in [2.24, 2.45) is 0 Å². The largest absolute Gasteiger partial charge is 0.478 e. The Hall–Kier alpha value is -2.14. The van der Waals surface area contributed by atoms with Crippen molar-refractivity contribution >= 4 is 23.4 Å². The zero-order valence-electron chi connectivity index (χ0n) is 10.2. The maximum Gasteiger partial charge on any atom is 0.337 e. The SMILES string of the molecule is CC(Nc1nccc(C(=O)O)c1Cl)c1ccncc1. The van der Waals surface area contributed by atoms with E-state index in [0.29, 0.717) is 5.82 Å². The first-order chi connectivity index (χ1) is 9.09. The molecule has 0 saturated heterocycles. The maximum absolute atomic E-state index is 11.0. The van der Waals surface area contributed by atoms with Gasteiger partial charge in [0, 0.05) is 18.6 Å². The molecule has 98 valence electrons. The molecule has 0 aliphatic carbocycles. The number of pyridine rings is 2. The summed E-state index contributed by atoms with van der Waals surface area (Å²) in [5.41, 5.74) is 1.04. The van der Waals surface area contributed by atoms with E-state index < -0.39 is 5.97 Å². The molecule has 0 amide bonds. The summed E-state index contributed by atoms with van der Waals surface area (Å²) in [7, 11) is 0. The second kappa shape index (κ2) is 5.67. The molecule has 0 aliphatic rings. The molecule has 0 radical (unpaired) electrons. The molecule has 2 rings (SSSR count). The number of hydrogen-bond acceptors (Lipinski definition) is 4. The van der Waals surface area contributed by atoms with Gasteiger partial charge in [0.2, 0.25) is 0 Å². The summed E-state index contributed by atoms with van der Waals surface area (Å²) in [6, 6.07) is 5.05. The molecule has 0 saturated carbocycles. The smallest absolute Gasteiger partial charge is 0.337 e. The Bertz CT molecular complexity index is 590. The Morgan fingerprint density at radius 1 is 1.32 bits per heavy atom. The number of aromatic nitrogens is 2. The van der Waals surface area contributed by atoms with Gasteiger partial charge in [-0.15, -0.1) is 0 Å². The van der Waals surface area contributed by atoms with Gasteiger partial charge in [-0.3, -0.25) is 4.98 Å². The summed E-state index contributed by atoms with van der Waals surface area (Å²) in [4.78, 5) is 19.0. The van der Waals surface area contributed by atoms with Gasteiger partial charge >= 0.3 is 5.97 Å². The summed E-state index contributed by atoms with van der Waals surface area (Å²) >= 11 is 6.02. The van der Waals surface area contributed by atoms with Crippen molar-refractivity contribution in [3.05, 3.63) is 52.9 Å². The average Bonchev–Trinajstić information content (AvgIpc) is 2.41. The number of carboxylic acids is 1. The van der Waals surface area contributed by atoms with Crippen LogP contribution in [0.2, 0.25) is 5.02 Å². The fourth-order valence-electron chi connectivity index (χ4n) is 1.65. The van der Waals surface area contributed by atoms with Gasteiger partial charge in [0.05, 0.1) is 16.6 Å². The van der Waals surface area contributed by atoms with E-state index in [4.69, 9.17) is 16.7 Å². The van der Waals surface area contributed by atoms with Crippen molar-refractivity contribution in [1.29, 1.82) is 0 Å². The highest BCUT2D eigenvalue weighted by atomic mass is 35.5. The second-order valence-electron chi connectivity index (χ2n) is 3.97. The van der Waals surface area contributed by atoms with Crippen LogP contribution in [-0.2, 0) is 0 Å². The van der Waals surface area contributed by atoms with E-state index in [1.54, 1.807) is 12.4 Å². The minimum atomic E-state index is -1.08. The Kier molecular flexibility index (Phi) is 3.97. The van der Waals surface area contributed by atoms with Crippen LogP contribution in [0.1, 0.15) is 28.9 Å². The lowest BCUT2D eigenvalue weighted by Crippen LogP contribution is -2.10. The molecule has 1 unspecified atom stereocenters. The number of hydrogen-bond donors (Lipinski definition) is 2. The Morgan fingerprint density at radius 2 is 2.00 bits per heavy atom. The van der Waals surface area contributed by atoms with E-state index in [0.717, 1.165) is 5.56 Å². The lowest BCUT2D eigenvalue weighted by molar-refractivity contribution is 0.0697. The molecule has 0 aromatic carbocycles. The zero-order valence-corrected chi connectivity index (χ0v) is 10.9. The molecule has 0 fully saturated rings. The monoisotopic (exact) mass is 277 g/mol. The third-order valence-corrected chi connectivity index (χ3v) is 3.06. The van der Waals surface area contributed by atoms with Crippen LogP contribution in [0.4, 0.5) is 5.82 Å². The highest BCUT2D eigenvalue weighted by Gasteiger charge is 2.15. The van der Waals surface area contributed by atoms with E-state index in [1.807, 2.05) is 19.1 Å². The number of halogens is 1. The standard InChI is InChI=1S/C13H12ClN3O2/c1-8(9-2-5-15-6-3-9)17-12-11(14)10(13(18)19)4-7-16-12/h2-8H,1H3,(H,16,17)(H,18,19). The Labute approximate surface area is 115 Å². The molecular formula is C13H12ClN3O2. The van der Waals surface area contributed by atoms with E-state index in [9.17, 15) is 4.79 Å². The summed E-state index contributed by atoms with van der Waals surface area (Å²) in [5.74, 6) is -0.724. The van der Waals surface area contributed by atoms with Gasteiger partial charge in [-0.05, 0) is 30.7 Å². The summed E-state index contributed by atoms with van der Waals surface area (Å²) in [5, 5.41) is 12.2. The normalized spacial score (nSPS) is 11.9. The Morgan fingerprint density at radius 3 is 2.63 bits per heavy atom. The summed E-state index contributed by atoms with van der Waals surface area (Å²) in [6.45, 7) is 1.93. The number of aromatic carboxylic acids is 1. The molecule has 2 aromatic rings. The van der Waals surface area contributed by atoms with Gasteiger partial charge in [-0.25, -0.2) is 9.78 Å². The van der Waals surface area contributed by atoms with E-state index >= 15 is 0 Å². The first-order valence-electron chi connectivity index (χ1n) is 5.64. The summed E-state index contributed by atoms with van der Waals surface area (Å²) < 4.78 is 0. The third-order valence-electron chi connectivity index (χ3n) is 2.68. The fourth-order valence-corrected chi connectivity index (χ4v) is 1.90. The van der Waals surface area contributed by atoms with Crippen LogP contribution >= 0.6 is 11.6 Å². The molecule has 6 heteroatoms. The van der Waals surface area contributed by atoms with Crippen LogP contribution in [0.5, 0.6) is 0 Å². The highest BCUT2D eigenvalue weighted by Crippen LogP contribution is 2.26. The predicted molar refractivity (Wildman–Crippen MR) is 72.5 cm³/mol. The molecule has 2 N–H and O–H groups in total. The van der Waals surface area contributed by atoms with Crippen molar-refractivity contribution < 1.29 is 9.90 Å². The quantitative estimate of drug-likeness (QED) is 0.898. The molecule has 0 bridgehead atoms. The number of anilines is 1. The maximum atomic E-state index is 11.0. The highest BCUT2D eigenvalue weighted by molar-refractivity contribution is 6.35. The van der Waals surface area contributed by atoms with Crippen LogP contribution in [0.15, 0.2) is 36.8 Å². The van der Waals surface area contributed by atoms with E-state index in [2.05, 4.69) is 15.3 Å². The average molecular weight is 278 g/mol. The Balaban J connectivity index is 2.25. The fraction of sp³-hybridized carbons (Fsp3) is 0.154. The number of carbonyl (C=O) groups is 1. The van der Waals surface area contributed by atoms with Crippen molar-refractivity contribution in [2.45, 2.75) is 13.0 Å². The molecule has 0 aliphatic heterocycles. The van der Waals surface area contributed by atoms with Crippen LogP contribution < -0.4 is 5.32 Å². The van der Waals surface area contributed by atoms with E-state index in [-0.39, 0.29) is 16.6 Å². The second-order valence-corrected chi connectivity index (χ2v) is 4.35. The van der Waals surface area contributed by atoms with Gasteiger partial charge in [0.1, 0.15) is 5.82 Å². The first-order valence-corrected chi connectivity index (χ1v) is 6.01. The van der Waals surface area contributed by atoms with Crippen LogP contribution in [0.25, 0.3) is 0 Å². The van der Waals surface area contributed by atoms with Crippen molar-refractivity contribution in [3.8, 4) is 0 Å². The topological polar surface area (TPSA) is 75.1 Å². The van der Waals surface area contributed by atoms with Gasteiger partial charge in [-0.2, -0.15) is 0 Å². The third kappa shape index (κ3) is 3.00. The number of carboxylic acid groups (broad SMARTS) is 1. The lowest BCUT2D eigenvalue weighted by Gasteiger charge is -2.16. The first kappa shape index (κ1) is 13.3. The van der Waals surface area contributed by atoms with E-state index in [1.165, 1.54) is 12.3 Å². The molecule has 2 aromatic heterocycles. The molecule has 2 heterocycles. The molecular weight excluding hydrogens is 266 g/mol. The number of rotatable bonds is 4. The van der Waals surface area contributed by atoms with Gasteiger partial charge < -0.3 is 10.4 Å². The molecule has 0 spiro atoms. The zero-order chi connectivity index (χ0) is 13.8. The van der Waals surface area contributed by atoms with Gasteiger partial charge in [0.15, 0.2) is 0 Å². The molecule has 1 atom stereocenters. The van der Waals surface area contributed by atoms with Crippen molar-refractivity contribution in [1.82, 2.24) is 9.97 Å².